The zero-order valence-corrected chi connectivity index (χ0v) is 16.2. The molecular weight excluding hydrogens is 374 g/mol. The summed E-state index contributed by atoms with van der Waals surface area (Å²) in [6.07, 6.45) is 4.81. The van der Waals surface area contributed by atoms with Crippen LogP contribution in [-0.2, 0) is 4.79 Å². The molecule has 0 fully saturated rings. The molecule has 6 heteroatoms. The maximum absolute atomic E-state index is 11.9. The van der Waals surface area contributed by atoms with Crippen molar-refractivity contribution in [2.45, 2.75) is 39.5 Å². The maximum atomic E-state index is 11.9. The molecule has 3 N–H and O–H groups in total. The quantitative estimate of drug-likeness (QED) is 0.547. The van der Waals surface area contributed by atoms with Gasteiger partial charge in [0, 0.05) is 11.0 Å². The number of halogens is 1. The number of nitrogens with one attached hydrogen (secondary N) is 3. The van der Waals surface area contributed by atoms with Crippen LogP contribution in [0, 0.1) is 5.92 Å². The number of thiocarbonyl (C=S) groups is 1. The molecule has 0 aliphatic heterocycles. The predicted molar refractivity (Wildman–Crippen MR) is 105 cm³/mol. The lowest BCUT2D eigenvalue weighted by Crippen LogP contribution is -2.41. The Balaban J connectivity index is 2.27. The number of carbonyl (C=O) groups is 1. The van der Waals surface area contributed by atoms with Gasteiger partial charge in [0.05, 0.1) is 12.2 Å². The molecule has 23 heavy (non-hydrogen) atoms. The van der Waals surface area contributed by atoms with Gasteiger partial charge in [-0.2, -0.15) is 0 Å². The number of hydrogen-bond donors (Lipinski definition) is 3. The summed E-state index contributed by atoms with van der Waals surface area (Å²) >= 11 is 8.63. The van der Waals surface area contributed by atoms with Crippen LogP contribution < -0.4 is 16.0 Å². The molecule has 128 valence electrons. The van der Waals surface area contributed by atoms with E-state index in [4.69, 9.17) is 12.2 Å². The van der Waals surface area contributed by atoms with Crippen molar-refractivity contribution in [3.05, 3.63) is 28.7 Å². The molecule has 1 rings (SSSR count). The standard InChI is InChI=1S/C17H26BrN3OS/c1-3-5-8-13(4-2)11-19-17(23)20-12-16(22)21-15-10-7-6-9-14(15)18/h6-7,9-10,13H,3-5,8,11-12H2,1-2H3,(H,21,22)(H2,19,20,23)/t13-/m1/s1. The molecule has 0 radical (unpaired) electrons. The first-order valence-electron chi connectivity index (χ1n) is 8.12. The van der Waals surface area contributed by atoms with E-state index in [1.54, 1.807) is 0 Å². The molecular formula is C17H26BrN3OS. The minimum atomic E-state index is -0.126. The van der Waals surface area contributed by atoms with E-state index in [0.29, 0.717) is 11.0 Å². The van der Waals surface area contributed by atoms with Crippen LogP contribution in [0.2, 0.25) is 0 Å². The minimum absolute atomic E-state index is 0.126. The average molecular weight is 400 g/mol. The Bertz CT molecular complexity index is 510. The SMILES string of the molecule is CCCC[C@@H](CC)CNC(=S)NCC(=O)Nc1ccccc1Br. The largest absolute Gasteiger partial charge is 0.362 e. The van der Waals surface area contributed by atoms with Crippen molar-refractivity contribution in [2.24, 2.45) is 5.92 Å². The van der Waals surface area contributed by atoms with Gasteiger partial charge < -0.3 is 16.0 Å². The summed E-state index contributed by atoms with van der Waals surface area (Å²) in [7, 11) is 0. The Morgan fingerprint density at radius 3 is 2.65 bits per heavy atom. The summed E-state index contributed by atoms with van der Waals surface area (Å²) in [5.74, 6) is 0.503. The van der Waals surface area contributed by atoms with Crippen molar-refractivity contribution in [1.29, 1.82) is 0 Å². The van der Waals surface area contributed by atoms with E-state index in [1.165, 1.54) is 19.3 Å². The van der Waals surface area contributed by atoms with Crippen LogP contribution in [0.1, 0.15) is 39.5 Å². The van der Waals surface area contributed by atoms with Crippen LogP contribution in [0.3, 0.4) is 0 Å². The van der Waals surface area contributed by atoms with Gasteiger partial charge >= 0.3 is 0 Å². The van der Waals surface area contributed by atoms with E-state index in [2.05, 4.69) is 45.7 Å². The molecule has 0 saturated carbocycles. The zero-order chi connectivity index (χ0) is 17.1. The fourth-order valence-corrected chi connectivity index (χ4v) is 2.70. The second kappa shape index (κ2) is 11.4. The number of anilines is 1. The molecule has 4 nitrogen and oxygen atoms in total. The lowest BCUT2D eigenvalue weighted by atomic mass is 9.99. The molecule has 1 atom stereocenters. The Labute approximate surface area is 152 Å². The number of rotatable bonds is 9. The highest BCUT2D eigenvalue weighted by Crippen LogP contribution is 2.20. The highest BCUT2D eigenvalue weighted by molar-refractivity contribution is 9.10. The van der Waals surface area contributed by atoms with Gasteiger partial charge in [-0.1, -0.05) is 45.2 Å². The van der Waals surface area contributed by atoms with Gasteiger partial charge in [0.15, 0.2) is 5.11 Å². The fraction of sp³-hybridized carbons (Fsp3) is 0.529. The van der Waals surface area contributed by atoms with E-state index in [9.17, 15) is 4.79 Å². The topological polar surface area (TPSA) is 53.2 Å². The third-order valence-corrected chi connectivity index (χ3v) is 4.63. The van der Waals surface area contributed by atoms with Crippen molar-refractivity contribution in [3.8, 4) is 0 Å². The molecule has 1 amide bonds. The number of para-hydroxylation sites is 1. The highest BCUT2D eigenvalue weighted by Gasteiger charge is 2.08. The van der Waals surface area contributed by atoms with E-state index in [1.807, 2.05) is 24.3 Å². The second-order valence-corrected chi connectivity index (χ2v) is 6.77. The summed E-state index contributed by atoms with van der Waals surface area (Å²) in [6.45, 7) is 5.41. The first-order chi connectivity index (χ1) is 11.1. The molecule has 0 bridgehead atoms. The minimum Gasteiger partial charge on any atom is -0.362 e. The first-order valence-corrected chi connectivity index (χ1v) is 9.33. The third kappa shape index (κ3) is 8.32. The third-order valence-electron chi connectivity index (χ3n) is 3.65. The number of amides is 1. The Kier molecular flexibility index (Phi) is 9.87. The van der Waals surface area contributed by atoms with Crippen molar-refractivity contribution in [3.63, 3.8) is 0 Å². The first kappa shape index (κ1) is 19.9. The van der Waals surface area contributed by atoms with Crippen LogP contribution >= 0.6 is 28.1 Å². The molecule has 0 unspecified atom stereocenters. The fourth-order valence-electron chi connectivity index (χ4n) is 2.16. The zero-order valence-electron chi connectivity index (χ0n) is 13.8. The van der Waals surface area contributed by atoms with Crippen LogP contribution in [0.15, 0.2) is 28.7 Å². The van der Waals surface area contributed by atoms with E-state index < -0.39 is 0 Å². The molecule has 1 aromatic carbocycles. The smallest absolute Gasteiger partial charge is 0.243 e. The summed E-state index contributed by atoms with van der Waals surface area (Å²) in [5, 5.41) is 9.52. The Morgan fingerprint density at radius 1 is 1.26 bits per heavy atom. The number of unbranched alkanes of at least 4 members (excludes halogenated alkanes) is 1. The summed E-state index contributed by atoms with van der Waals surface area (Å²) in [4.78, 5) is 11.9. The van der Waals surface area contributed by atoms with Gasteiger partial charge in [-0.05, 0) is 52.6 Å². The summed E-state index contributed by atoms with van der Waals surface area (Å²) < 4.78 is 0.857. The molecule has 0 aliphatic rings. The van der Waals surface area contributed by atoms with E-state index in [0.717, 1.165) is 23.1 Å². The van der Waals surface area contributed by atoms with Crippen molar-refractivity contribution in [1.82, 2.24) is 10.6 Å². The van der Waals surface area contributed by atoms with Crippen LogP contribution in [0.25, 0.3) is 0 Å². The number of hydrogen-bond acceptors (Lipinski definition) is 2. The Morgan fingerprint density at radius 2 is 2.00 bits per heavy atom. The van der Waals surface area contributed by atoms with Gasteiger partial charge in [0.25, 0.3) is 0 Å². The monoisotopic (exact) mass is 399 g/mol. The highest BCUT2D eigenvalue weighted by atomic mass is 79.9. The molecule has 0 saturated heterocycles. The van der Waals surface area contributed by atoms with Gasteiger partial charge in [-0.15, -0.1) is 0 Å². The van der Waals surface area contributed by atoms with Crippen molar-refractivity contribution >= 4 is 44.9 Å². The molecule has 0 spiro atoms. The maximum Gasteiger partial charge on any atom is 0.243 e. The Hall–Kier alpha value is -1.14. The van der Waals surface area contributed by atoms with Crippen LogP contribution in [0.5, 0.6) is 0 Å². The molecule has 0 aromatic heterocycles. The summed E-state index contributed by atoms with van der Waals surface area (Å²) in [6, 6.07) is 7.51. The van der Waals surface area contributed by atoms with Gasteiger partial charge in [-0.25, -0.2) is 0 Å². The number of carbonyl (C=O) groups excluding carboxylic acids is 1. The summed E-state index contributed by atoms with van der Waals surface area (Å²) in [5.41, 5.74) is 0.754. The van der Waals surface area contributed by atoms with Gasteiger partial charge in [0.1, 0.15) is 0 Å². The number of benzene rings is 1. The average Bonchev–Trinajstić information content (AvgIpc) is 2.55. The lowest BCUT2D eigenvalue weighted by Gasteiger charge is -2.17. The van der Waals surface area contributed by atoms with Gasteiger partial charge in [-0.3, -0.25) is 4.79 Å². The normalized spacial score (nSPS) is 11.6. The van der Waals surface area contributed by atoms with E-state index in [-0.39, 0.29) is 12.5 Å². The lowest BCUT2D eigenvalue weighted by molar-refractivity contribution is -0.115. The molecule has 0 aliphatic carbocycles. The van der Waals surface area contributed by atoms with Crippen molar-refractivity contribution < 1.29 is 4.79 Å². The van der Waals surface area contributed by atoms with E-state index >= 15 is 0 Å². The van der Waals surface area contributed by atoms with Crippen LogP contribution in [0.4, 0.5) is 5.69 Å². The van der Waals surface area contributed by atoms with Gasteiger partial charge in [0.2, 0.25) is 5.91 Å². The predicted octanol–water partition coefficient (Wildman–Crippen LogP) is 4.07. The molecule has 0 heterocycles. The van der Waals surface area contributed by atoms with Crippen LogP contribution in [-0.4, -0.2) is 24.1 Å². The second-order valence-electron chi connectivity index (χ2n) is 5.51. The molecule has 1 aromatic rings. The van der Waals surface area contributed by atoms with Crippen molar-refractivity contribution in [2.75, 3.05) is 18.4 Å².